The fourth-order valence-electron chi connectivity index (χ4n) is 4.21. The van der Waals surface area contributed by atoms with Crippen LogP contribution >= 0.6 is 11.3 Å². The third-order valence-corrected chi connectivity index (χ3v) is 7.18. The zero-order valence-corrected chi connectivity index (χ0v) is 22.9. The molecule has 0 radical (unpaired) electrons. The highest BCUT2D eigenvalue weighted by molar-refractivity contribution is 7.10. The van der Waals surface area contributed by atoms with Crippen molar-refractivity contribution in [2.45, 2.75) is 64.3 Å². The highest BCUT2D eigenvalue weighted by Crippen LogP contribution is 2.25. The highest BCUT2D eigenvalue weighted by atomic mass is 32.1. The lowest BCUT2D eigenvalue weighted by Gasteiger charge is -2.25. The molecule has 3 amide bonds. The molecule has 2 aromatic rings. The number of carbonyl (C=O) groups excluding carboxylic acids is 3. The first-order valence-corrected chi connectivity index (χ1v) is 13.6. The minimum Gasteiger partial charge on any atom is -0.494 e. The first-order valence-electron chi connectivity index (χ1n) is 12.8. The molecule has 1 aromatic carbocycles. The van der Waals surface area contributed by atoms with Crippen LogP contribution in [-0.4, -0.2) is 66.4 Å². The van der Waals surface area contributed by atoms with Gasteiger partial charge in [0, 0.05) is 35.2 Å². The van der Waals surface area contributed by atoms with Gasteiger partial charge in [-0.1, -0.05) is 18.2 Å². The number of nitrogens with two attached hydrogens (primary N) is 1. The monoisotopic (exact) mass is 543 g/mol. The molecule has 1 saturated heterocycles. The van der Waals surface area contributed by atoms with Crippen molar-refractivity contribution in [3.63, 3.8) is 0 Å². The molecule has 1 aliphatic rings. The maximum atomic E-state index is 13.2. The number of likely N-dealkylation sites (tertiary alicyclic amines) is 1. The number of carbonyl (C=O) groups is 3. The molecule has 1 fully saturated rings. The van der Waals surface area contributed by atoms with Crippen molar-refractivity contribution in [1.82, 2.24) is 15.5 Å². The van der Waals surface area contributed by atoms with Crippen molar-refractivity contribution in [1.29, 1.82) is 5.41 Å². The molecule has 10 nitrogen and oxygen atoms in total. The van der Waals surface area contributed by atoms with E-state index in [4.69, 9.17) is 20.6 Å². The topological polar surface area (TPSA) is 147 Å². The van der Waals surface area contributed by atoms with Gasteiger partial charge in [-0.25, -0.2) is 0 Å². The van der Waals surface area contributed by atoms with E-state index in [9.17, 15) is 14.4 Å². The number of hydrogen-bond donors (Lipinski definition) is 4. The number of para-hydroxylation sites is 1. The number of benzene rings is 1. The summed E-state index contributed by atoms with van der Waals surface area (Å²) in [4.78, 5) is 40.9. The minimum absolute atomic E-state index is 0.0296. The fraction of sp³-hybridized carbons (Fsp3) is 0.481. The average molecular weight is 544 g/mol. The van der Waals surface area contributed by atoms with E-state index in [2.05, 4.69) is 10.6 Å². The molecule has 206 valence electrons. The zero-order valence-electron chi connectivity index (χ0n) is 22.1. The van der Waals surface area contributed by atoms with E-state index in [-0.39, 0.29) is 61.3 Å². The Labute approximate surface area is 227 Å². The van der Waals surface area contributed by atoms with Crippen LogP contribution in [0, 0.1) is 5.41 Å². The normalized spacial score (nSPS) is 17.7. The summed E-state index contributed by atoms with van der Waals surface area (Å²) in [5.74, 6) is -0.164. The van der Waals surface area contributed by atoms with Gasteiger partial charge < -0.3 is 30.7 Å². The summed E-state index contributed by atoms with van der Waals surface area (Å²) in [5, 5.41) is 15.0. The van der Waals surface area contributed by atoms with Crippen LogP contribution in [0.1, 0.15) is 56.5 Å². The molecule has 0 aliphatic carbocycles. The lowest BCUT2D eigenvalue weighted by atomic mass is 10.1. The third-order valence-electron chi connectivity index (χ3n) is 6.06. The van der Waals surface area contributed by atoms with Gasteiger partial charge in [-0.15, -0.1) is 11.3 Å². The molecular weight excluding hydrogens is 506 g/mol. The van der Waals surface area contributed by atoms with Crippen molar-refractivity contribution in [2.24, 2.45) is 5.73 Å². The number of nitrogen functional groups attached to an aromatic ring is 1. The molecule has 1 aliphatic heterocycles. The number of ether oxygens (including phenoxy) is 2. The molecule has 5 N–H and O–H groups in total. The van der Waals surface area contributed by atoms with Crippen molar-refractivity contribution in [3.05, 3.63) is 52.2 Å². The van der Waals surface area contributed by atoms with Gasteiger partial charge >= 0.3 is 0 Å². The van der Waals surface area contributed by atoms with Gasteiger partial charge in [0.2, 0.25) is 17.7 Å². The SMILES string of the molecule is CC(C)O[C@@H]1C[C@@H](C(=O)NC(C)c2cc(C(=N)N)cs2)N(C(=O)CNC(=O)CCCOc2ccccc2)C1. The van der Waals surface area contributed by atoms with E-state index in [0.29, 0.717) is 25.0 Å². The van der Waals surface area contributed by atoms with Crippen molar-refractivity contribution < 1.29 is 23.9 Å². The van der Waals surface area contributed by atoms with Gasteiger partial charge in [0.1, 0.15) is 17.6 Å². The Hall–Kier alpha value is -3.44. The second-order valence-corrected chi connectivity index (χ2v) is 10.5. The van der Waals surface area contributed by atoms with Crippen LogP contribution in [0.2, 0.25) is 0 Å². The van der Waals surface area contributed by atoms with E-state index in [1.165, 1.54) is 16.2 Å². The van der Waals surface area contributed by atoms with Gasteiger partial charge in [-0.2, -0.15) is 0 Å². The van der Waals surface area contributed by atoms with E-state index in [0.717, 1.165) is 10.6 Å². The Bertz CT molecular complexity index is 1110. The summed E-state index contributed by atoms with van der Waals surface area (Å²) in [7, 11) is 0. The number of amides is 3. The number of thiophene rings is 1. The number of amidine groups is 1. The second kappa shape index (κ2) is 13.9. The lowest BCUT2D eigenvalue weighted by molar-refractivity contribution is -0.139. The van der Waals surface area contributed by atoms with Gasteiger partial charge in [0.25, 0.3) is 0 Å². The summed E-state index contributed by atoms with van der Waals surface area (Å²) in [6.45, 7) is 6.14. The van der Waals surface area contributed by atoms with Gasteiger partial charge in [0.15, 0.2) is 0 Å². The summed E-state index contributed by atoms with van der Waals surface area (Å²) in [5.41, 5.74) is 6.16. The number of hydrogen-bond acceptors (Lipinski definition) is 7. The highest BCUT2D eigenvalue weighted by Gasteiger charge is 2.40. The maximum absolute atomic E-state index is 13.2. The average Bonchev–Trinajstić information content (AvgIpc) is 3.54. The van der Waals surface area contributed by atoms with Crippen molar-refractivity contribution >= 4 is 34.9 Å². The summed E-state index contributed by atoms with van der Waals surface area (Å²) in [6.07, 6.45) is 0.786. The Morgan fingerprint density at radius 3 is 2.61 bits per heavy atom. The number of nitrogens with zero attached hydrogens (tertiary/aromatic N) is 1. The molecule has 38 heavy (non-hydrogen) atoms. The summed E-state index contributed by atoms with van der Waals surface area (Å²) in [6, 6.07) is 10.1. The Balaban J connectivity index is 1.52. The lowest BCUT2D eigenvalue weighted by Crippen LogP contribution is -2.49. The number of nitrogens with one attached hydrogen (secondary N) is 3. The van der Waals surface area contributed by atoms with Crippen LogP contribution in [0.15, 0.2) is 41.8 Å². The standard InChI is InChI=1S/C27H37N5O5S/c1-17(2)37-21-13-22(27(35)31-18(3)23-12-19(16-38-23)26(28)29)32(15-21)25(34)14-30-24(33)10-7-11-36-20-8-5-4-6-9-20/h4-6,8-9,12,16-18,21-22H,7,10-11,13-15H2,1-3H3,(H3,28,29)(H,30,33)(H,31,35)/t18?,21-,22+/m1/s1. The summed E-state index contributed by atoms with van der Waals surface area (Å²) < 4.78 is 11.5. The van der Waals surface area contributed by atoms with Crippen molar-refractivity contribution in [2.75, 3.05) is 19.7 Å². The molecule has 0 saturated carbocycles. The smallest absolute Gasteiger partial charge is 0.243 e. The quantitative estimate of drug-likeness (QED) is 0.173. The summed E-state index contributed by atoms with van der Waals surface area (Å²) >= 11 is 1.41. The molecular formula is C27H37N5O5S. The molecule has 1 aromatic heterocycles. The van der Waals surface area contributed by atoms with Crippen LogP contribution in [0.4, 0.5) is 0 Å². The molecule has 0 bridgehead atoms. The van der Waals surface area contributed by atoms with Crippen LogP contribution in [0.25, 0.3) is 0 Å². The van der Waals surface area contributed by atoms with Crippen LogP contribution in [-0.2, 0) is 19.1 Å². The molecule has 3 rings (SSSR count). The number of rotatable bonds is 13. The van der Waals surface area contributed by atoms with E-state index in [1.54, 1.807) is 11.4 Å². The van der Waals surface area contributed by atoms with Crippen molar-refractivity contribution in [3.8, 4) is 5.75 Å². The van der Waals surface area contributed by atoms with Crippen LogP contribution < -0.4 is 21.1 Å². The van der Waals surface area contributed by atoms with Gasteiger partial charge in [-0.05, 0) is 45.4 Å². The van der Waals surface area contributed by atoms with E-state index >= 15 is 0 Å². The van der Waals surface area contributed by atoms with Gasteiger partial charge in [-0.3, -0.25) is 19.8 Å². The van der Waals surface area contributed by atoms with Crippen LogP contribution in [0.3, 0.4) is 0 Å². The molecule has 0 spiro atoms. The zero-order chi connectivity index (χ0) is 27.7. The Kier molecular flexibility index (Phi) is 10.7. The Morgan fingerprint density at radius 1 is 1.21 bits per heavy atom. The van der Waals surface area contributed by atoms with E-state index < -0.39 is 6.04 Å². The minimum atomic E-state index is -0.711. The molecule has 2 heterocycles. The first-order chi connectivity index (χ1) is 18.1. The van der Waals surface area contributed by atoms with Crippen LogP contribution in [0.5, 0.6) is 5.75 Å². The fourth-order valence-corrected chi connectivity index (χ4v) is 5.13. The van der Waals surface area contributed by atoms with E-state index in [1.807, 2.05) is 51.1 Å². The first kappa shape index (κ1) is 29.1. The predicted molar refractivity (Wildman–Crippen MR) is 146 cm³/mol. The molecule has 1 unspecified atom stereocenters. The largest absolute Gasteiger partial charge is 0.494 e. The predicted octanol–water partition coefficient (Wildman–Crippen LogP) is 2.58. The Morgan fingerprint density at radius 2 is 1.95 bits per heavy atom. The van der Waals surface area contributed by atoms with Gasteiger partial charge in [0.05, 0.1) is 31.4 Å². The third kappa shape index (κ3) is 8.56. The second-order valence-electron chi connectivity index (χ2n) is 9.53. The molecule has 3 atom stereocenters. The molecule has 11 heteroatoms. The maximum Gasteiger partial charge on any atom is 0.243 e.